The first-order chi connectivity index (χ1) is 8.74. The molecule has 1 saturated heterocycles. The van der Waals surface area contributed by atoms with Crippen LogP contribution in [0.3, 0.4) is 0 Å². The topological polar surface area (TPSA) is 51.0 Å². The Kier molecular flexibility index (Phi) is 3.37. The van der Waals surface area contributed by atoms with Crippen molar-refractivity contribution in [1.82, 2.24) is 15.5 Å². The molecule has 0 bridgehead atoms. The Morgan fingerprint density at radius 3 is 2.83 bits per heavy atom. The van der Waals surface area contributed by atoms with E-state index >= 15 is 0 Å². The van der Waals surface area contributed by atoms with Crippen molar-refractivity contribution in [3.8, 4) is 0 Å². The van der Waals surface area contributed by atoms with Gasteiger partial charge in [-0.1, -0.05) is 31.8 Å². The average molecular weight is 249 g/mol. The Labute approximate surface area is 109 Å². The van der Waals surface area contributed by atoms with E-state index in [9.17, 15) is 0 Å². The van der Waals surface area contributed by atoms with Crippen LogP contribution in [0.4, 0.5) is 0 Å². The second-order valence-corrected chi connectivity index (χ2v) is 6.16. The van der Waals surface area contributed by atoms with Gasteiger partial charge in [0.1, 0.15) is 0 Å². The monoisotopic (exact) mass is 249 g/mol. The number of hydrogen-bond donors (Lipinski definition) is 1. The standard InChI is InChI=1S/C14H23N3O/c1-9-4-3-5-11(8-9)13-16-14(18-17-13)12-10(2)6-7-15-12/h9-12,15H,3-8H2,1-2H3. The van der Waals surface area contributed by atoms with Gasteiger partial charge in [-0.05, 0) is 37.6 Å². The van der Waals surface area contributed by atoms with Gasteiger partial charge in [0.15, 0.2) is 5.82 Å². The van der Waals surface area contributed by atoms with Gasteiger partial charge in [0.25, 0.3) is 0 Å². The molecular formula is C14H23N3O. The van der Waals surface area contributed by atoms with Gasteiger partial charge < -0.3 is 9.84 Å². The zero-order valence-electron chi connectivity index (χ0n) is 11.4. The molecule has 0 aromatic carbocycles. The van der Waals surface area contributed by atoms with Crippen LogP contribution in [-0.2, 0) is 0 Å². The fourth-order valence-electron chi connectivity index (χ4n) is 3.37. The minimum atomic E-state index is 0.271. The highest BCUT2D eigenvalue weighted by Gasteiger charge is 2.31. The highest BCUT2D eigenvalue weighted by Crippen LogP contribution is 2.35. The third-order valence-corrected chi connectivity index (χ3v) is 4.56. The average Bonchev–Trinajstić information content (AvgIpc) is 2.97. The maximum absolute atomic E-state index is 5.48. The zero-order valence-corrected chi connectivity index (χ0v) is 11.4. The molecule has 1 aromatic heterocycles. The van der Waals surface area contributed by atoms with Crippen LogP contribution >= 0.6 is 0 Å². The summed E-state index contributed by atoms with van der Waals surface area (Å²) in [6.45, 7) is 5.63. The summed E-state index contributed by atoms with van der Waals surface area (Å²) in [5.74, 6) is 3.66. The number of nitrogens with zero attached hydrogens (tertiary/aromatic N) is 2. The maximum atomic E-state index is 5.48. The number of aromatic nitrogens is 2. The van der Waals surface area contributed by atoms with Crippen LogP contribution in [0, 0.1) is 11.8 Å². The van der Waals surface area contributed by atoms with E-state index in [1.54, 1.807) is 0 Å². The van der Waals surface area contributed by atoms with E-state index in [4.69, 9.17) is 4.52 Å². The second kappa shape index (κ2) is 5.00. The van der Waals surface area contributed by atoms with Crippen molar-refractivity contribution in [1.29, 1.82) is 0 Å². The summed E-state index contributed by atoms with van der Waals surface area (Å²) in [6, 6.07) is 0.271. The Morgan fingerprint density at radius 1 is 1.22 bits per heavy atom. The lowest BCUT2D eigenvalue weighted by Gasteiger charge is -2.23. The van der Waals surface area contributed by atoms with Crippen LogP contribution in [0.15, 0.2) is 4.52 Å². The Hall–Kier alpha value is -0.900. The van der Waals surface area contributed by atoms with E-state index in [2.05, 4.69) is 29.3 Å². The number of rotatable bonds is 2. The van der Waals surface area contributed by atoms with Crippen molar-refractivity contribution >= 4 is 0 Å². The summed E-state index contributed by atoms with van der Waals surface area (Å²) >= 11 is 0. The van der Waals surface area contributed by atoms with E-state index in [-0.39, 0.29) is 6.04 Å². The Bertz CT molecular complexity index is 403. The molecule has 2 fully saturated rings. The normalized spacial score (nSPS) is 37.0. The van der Waals surface area contributed by atoms with Gasteiger partial charge in [0, 0.05) is 5.92 Å². The second-order valence-electron chi connectivity index (χ2n) is 6.16. The van der Waals surface area contributed by atoms with Crippen molar-refractivity contribution in [2.75, 3.05) is 6.54 Å². The predicted octanol–water partition coefficient (Wildman–Crippen LogP) is 3.03. The first-order valence-electron chi connectivity index (χ1n) is 7.31. The molecule has 1 N–H and O–H groups in total. The van der Waals surface area contributed by atoms with Gasteiger partial charge >= 0.3 is 0 Å². The summed E-state index contributed by atoms with van der Waals surface area (Å²) in [7, 11) is 0. The summed E-state index contributed by atoms with van der Waals surface area (Å²) < 4.78 is 5.48. The van der Waals surface area contributed by atoms with Crippen LogP contribution in [0.25, 0.3) is 0 Å². The molecular weight excluding hydrogens is 226 g/mol. The summed E-state index contributed by atoms with van der Waals surface area (Å²) in [5.41, 5.74) is 0. The molecule has 3 rings (SSSR count). The van der Waals surface area contributed by atoms with E-state index in [1.807, 2.05) is 0 Å². The third kappa shape index (κ3) is 2.30. The predicted molar refractivity (Wildman–Crippen MR) is 69.2 cm³/mol. The van der Waals surface area contributed by atoms with E-state index in [0.717, 1.165) is 24.2 Å². The van der Waals surface area contributed by atoms with E-state index < -0.39 is 0 Å². The molecule has 4 atom stereocenters. The molecule has 1 aromatic rings. The number of nitrogens with one attached hydrogen (secondary N) is 1. The first-order valence-corrected chi connectivity index (χ1v) is 7.31. The van der Waals surface area contributed by atoms with Gasteiger partial charge in [-0.2, -0.15) is 4.98 Å². The molecule has 1 aliphatic carbocycles. The van der Waals surface area contributed by atoms with Crippen molar-refractivity contribution in [3.63, 3.8) is 0 Å². The van der Waals surface area contributed by atoms with Crippen molar-refractivity contribution in [3.05, 3.63) is 11.7 Å². The van der Waals surface area contributed by atoms with Gasteiger partial charge in [-0.15, -0.1) is 0 Å². The van der Waals surface area contributed by atoms with Crippen molar-refractivity contribution in [2.24, 2.45) is 11.8 Å². The molecule has 1 aliphatic heterocycles. The SMILES string of the molecule is CC1CCCC(c2noc(C3NCCC3C)n2)C1. The van der Waals surface area contributed by atoms with Gasteiger partial charge in [0.2, 0.25) is 5.89 Å². The molecule has 0 spiro atoms. The summed E-state index contributed by atoms with van der Waals surface area (Å²) in [4.78, 5) is 4.66. The van der Waals surface area contributed by atoms with Gasteiger partial charge in [-0.25, -0.2) is 0 Å². The molecule has 4 nitrogen and oxygen atoms in total. The van der Waals surface area contributed by atoms with Crippen LogP contribution in [-0.4, -0.2) is 16.7 Å². The lowest BCUT2D eigenvalue weighted by molar-refractivity contribution is 0.303. The van der Waals surface area contributed by atoms with Gasteiger partial charge in [0.05, 0.1) is 6.04 Å². The third-order valence-electron chi connectivity index (χ3n) is 4.56. The molecule has 0 radical (unpaired) electrons. The minimum Gasteiger partial charge on any atom is -0.338 e. The number of hydrogen-bond acceptors (Lipinski definition) is 4. The molecule has 1 saturated carbocycles. The zero-order chi connectivity index (χ0) is 12.5. The van der Waals surface area contributed by atoms with Crippen LogP contribution in [0.2, 0.25) is 0 Å². The van der Waals surface area contributed by atoms with Crippen molar-refractivity contribution < 1.29 is 4.52 Å². The fourth-order valence-corrected chi connectivity index (χ4v) is 3.37. The van der Waals surface area contributed by atoms with Gasteiger partial charge in [-0.3, -0.25) is 0 Å². The highest BCUT2D eigenvalue weighted by atomic mass is 16.5. The minimum absolute atomic E-state index is 0.271. The molecule has 2 heterocycles. The molecule has 2 aliphatic rings. The Balaban J connectivity index is 1.72. The fraction of sp³-hybridized carbons (Fsp3) is 0.857. The lowest BCUT2D eigenvalue weighted by atomic mass is 9.82. The molecule has 4 unspecified atom stereocenters. The van der Waals surface area contributed by atoms with Crippen molar-refractivity contribution in [2.45, 2.75) is 57.9 Å². The summed E-state index contributed by atoms with van der Waals surface area (Å²) in [6.07, 6.45) is 6.28. The molecule has 100 valence electrons. The van der Waals surface area contributed by atoms with Crippen LogP contribution < -0.4 is 5.32 Å². The van der Waals surface area contributed by atoms with Crippen LogP contribution in [0.1, 0.15) is 69.6 Å². The highest BCUT2D eigenvalue weighted by molar-refractivity contribution is 5.02. The lowest BCUT2D eigenvalue weighted by Crippen LogP contribution is -2.17. The largest absolute Gasteiger partial charge is 0.338 e. The molecule has 0 amide bonds. The van der Waals surface area contributed by atoms with E-state index in [0.29, 0.717) is 11.8 Å². The Morgan fingerprint density at radius 2 is 2.11 bits per heavy atom. The quantitative estimate of drug-likeness (QED) is 0.875. The summed E-state index contributed by atoms with van der Waals surface area (Å²) in [5, 5.41) is 7.68. The maximum Gasteiger partial charge on any atom is 0.244 e. The van der Waals surface area contributed by atoms with Crippen LogP contribution in [0.5, 0.6) is 0 Å². The van der Waals surface area contributed by atoms with E-state index in [1.165, 1.54) is 32.1 Å². The molecule has 18 heavy (non-hydrogen) atoms. The molecule has 4 heteroatoms. The first kappa shape index (κ1) is 12.2. The smallest absolute Gasteiger partial charge is 0.244 e.